The van der Waals surface area contributed by atoms with Crippen molar-refractivity contribution >= 4 is 23.3 Å². The highest BCUT2D eigenvalue weighted by molar-refractivity contribution is 6.30. The number of carbonyl (C=O) groups is 1. The number of nitrogens with zero attached hydrogens (tertiary/aromatic N) is 6. The highest BCUT2D eigenvalue weighted by Gasteiger charge is 2.35. The largest absolute Gasteiger partial charge is 0.359 e. The Morgan fingerprint density at radius 3 is 2.68 bits per heavy atom. The molecule has 4 aromatic rings. The molecule has 9 nitrogen and oxygen atoms in total. The average Bonchev–Trinajstić information content (AvgIpc) is 3.56. The van der Waals surface area contributed by atoms with E-state index in [1.807, 2.05) is 48.2 Å². The molecular formula is C24H24ClN7O2. The van der Waals surface area contributed by atoms with Crippen LogP contribution in [0.5, 0.6) is 0 Å². The van der Waals surface area contributed by atoms with Crippen LogP contribution in [0.4, 0.5) is 10.5 Å². The number of halogens is 1. The van der Waals surface area contributed by atoms with Crippen LogP contribution in [0.25, 0.3) is 11.3 Å². The number of amides is 2. The molecule has 0 unspecified atom stereocenters. The monoisotopic (exact) mass is 477 g/mol. The first kappa shape index (κ1) is 22.1. The van der Waals surface area contributed by atoms with Gasteiger partial charge in [0.1, 0.15) is 17.2 Å². The van der Waals surface area contributed by atoms with Crippen molar-refractivity contribution in [2.45, 2.75) is 39.3 Å². The number of anilines is 1. The van der Waals surface area contributed by atoms with Gasteiger partial charge in [0.05, 0.1) is 12.6 Å². The molecule has 174 valence electrons. The number of rotatable bonds is 5. The maximum absolute atomic E-state index is 13.4. The Balaban J connectivity index is 1.39. The van der Waals surface area contributed by atoms with Crippen LogP contribution < -0.4 is 5.32 Å². The first-order valence-electron chi connectivity index (χ1n) is 11.1. The number of urea groups is 1. The molecule has 10 heteroatoms. The van der Waals surface area contributed by atoms with Gasteiger partial charge in [-0.25, -0.2) is 4.79 Å². The number of hydrogen-bond acceptors (Lipinski definition) is 6. The summed E-state index contributed by atoms with van der Waals surface area (Å²) in [5.74, 6) is 2.11. The summed E-state index contributed by atoms with van der Waals surface area (Å²) in [7, 11) is 0. The standard InChI is InChI=1S/C24H24ClN7O2/c1-15-21(22(30-34-15)18-9-11-26-12-10-18)27-24(33)31-13-3-4-20(31)23-29-28-16(2)32(23)14-17-5-7-19(25)8-6-17/h5-12,20H,3-4,13-14H2,1-2H3,(H,27,33)/t20-/m1/s1. The Morgan fingerprint density at radius 2 is 1.91 bits per heavy atom. The smallest absolute Gasteiger partial charge is 0.322 e. The molecule has 0 bridgehead atoms. The molecule has 1 atom stereocenters. The van der Waals surface area contributed by atoms with E-state index < -0.39 is 0 Å². The maximum Gasteiger partial charge on any atom is 0.322 e. The van der Waals surface area contributed by atoms with E-state index >= 15 is 0 Å². The number of likely N-dealkylation sites (tertiary alicyclic amines) is 1. The summed E-state index contributed by atoms with van der Waals surface area (Å²) in [6, 6.07) is 11.0. The molecule has 34 heavy (non-hydrogen) atoms. The van der Waals surface area contributed by atoms with Crippen LogP contribution in [-0.2, 0) is 6.54 Å². The van der Waals surface area contributed by atoms with Crippen molar-refractivity contribution in [2.75, 3.05) is 11.9 Å². The van der Waals surface area contributed by atoms with Gasteiger partial charge in [0, 0.05) is 29.5 Å². The summed E-state index contributed by atoms with van der Waals surface area (Å²) < 4.78 is 7.44. The molecule has 0 spiro atoms. The number of pyridine rings is 1. The lowest BCUT2D eigenvalue weighted by molar-refractivity contribution is 0.203. The lowest BCUT2D eigenvalue weighted by Gasteiger charge is -2.25. The zero-order chi connectivity index (χ0) is 23.7. The molecule has 1 aliphatic heterocycles. The van der Waals surface area contributed by atoms with Crippen LogP contribution in [0, 0.1) is 13.8 Å². The van der Waals surface area contributed by atoms with E-state index in [-0.39, 0.29) is 12.1 Å². The van der Waals surface area contributed by atoms with Gasteiger partial charge < -0.3 is 19.3 Å². The van der Waals surface area contributed by atoms with Gasteiger partial charge in [-0.15, -0.1) is 10.2 Å². The Morgan fingerprint density at radius 1 is 1.15 bits per heavy atom. The van der Waals surface area contributed by atoms with Crippen LogP contribution in [0.2, 0.25) is 5.02 Å². The minimum atomic E-state index is -0.220. The van der Waals surface area contributed by atoms with Crippen molar-refractivity contribution in [3.8, 4) is 11.3 Å². The lowest BCUT2D eigenvalue weighted by atomic mass is 10.1. The zero-order valence-electron chi connectivity index (χ0n) is 18.9. The third kappa shape index (κ3) is 4.26. The molecule has 1 aliphatic rings. The first-order chi connectivity index (χ1) is 16.5. The number of carbonyl (C=O) groups excluding carboxylic acids is 1. The molecule has 1 N–H and O–H groups in total. The minimum Gasteiger partial charge on any atom is -0.359 e. The summed E-state index contributed by atoms with van der Waals surface area (Å²) in [4.78, 5) is 19.3. The van der Waals surface area contributed by atoms with E-state index in [1.54, 1.807) is 19.3 Å². The van der Waals surface area contributed by atoms with E-state index in [0.717, 1.165) is 35.6 Å². The highest BCUT2D eigenvalue weighted by Crippen LogP contribution is 2.34. The maximum atomic E-state index is 13.4. The second-order valence-electron chi connectivity index (χ2n) is 8.30. The predicted octanol–water partition coefficient (Wildman–Crippen LogP) is 5.02. The van der Waals surface area contributed by atoms with Gasteiger partial charge in [-0.1, -0.05) is 28.9 Å². The summed E-state index contributed by atoms with van der Waals surface area (Å²) >= 11 is 6.04. The van der Waals surface area contributed by atoms with Crippen LogP contribution in [0.15, 0.2) is 53.3 Å². The van der Waals surface area contributed by atoms with Crippen molar-refractivity contribution in [3.63, 3.8) is 0 Å². The summed E-state index contributed by atoms with van der Waals surface area (Å²) in [6.45, 7) is 4.93. The van der Waals surface area contributed by atoms with E-state index in [4.69, 9.17) is 16.1 Å². The quantitative estimate of drug-likeness (QED) is 0.433. The molecule has 1 aromatic carbocycles. The van der Waals surface area contributed by atoms with Crippen molar-refractivity contribution in [3.05, 3.63) is 76.8 Å². The van der Waals surface area contributed by atoms with Crippen molar-refractivity contribution in [1.82, 2.24) is 29.8 Å². The summed E-state index contributed by atoms with van der Waals surface area (Å²) in [5.41, 5.74) is 3.04. The second-order valence-corrected chi connectivity index (χ2v) is 8.73. The third-order valence-electron chi connectivity index (χ3n) is 6.08. The van der Waals surface area contributed by atoms with Crippen LogP contribution >= 0.6 is 11.6 Å². The summed E-state index contributed by atoms with van der Waals surface area (Å²) in [5, 5.41) is 16.6. The minimum absolute atomic E-state index is 0.182. The molecule has 0 aliphatic carbocycles. The van der Waals surface area contributed by atoms with Gasteiger partial charge in [0.15, 0.2) is 11.6 Å². The number of hydrogen-bond donors (Lipinski definition) is 1. The van der Waals surface area contributed by atoms with Gasteiger partial charge in [-0.2, -0.15) is 0 Å². The van der Waals surface area contributed by atoms with Crippen LogP contribution in [0.3, 0.4) is 0 Å². The molecule has 0 radical (unpaired) electrons. The van der Waals surface area contributed by atoms with Gasteiger partial charge >= 0.3 is 6.03 Å². The molecule has 3 aromatic heterocycles. The second kappa shape index (κ2) is 9.26. The number of benzene rings is 1. The molecule has 1 fully saturated rings. The fraction of sp³-hybridized carbons (Fsp3) is 0.292. The first-order valence-corrected chi connectivity index (χ1v) is 11.5. The molecule has 2 amide bonds. The van der Waals surface area contributed by atoms with Gasteiger partial charge in [-0.3, -0.25) is 4.98 Å². The Hall–Kier alpha value is -3.72. The molecule has 0 saturated carbocycles. The van der Waals surface area contributed by atoms with E-state index in [0.29, 0.717) is 35.3 Å². The molecular weight excluding hydrogens is 454 g/mol. The number of nitrogens with one attached hydrogen (secondary N) is 1. The van der Waals surface area contributed by atoms with Crippen molar-refractivity contribution < 1.29 is 9.32 Å². The lowest BCUT2D eigenvalue weighted by Crippen LogP contribution is -2.35. The zero-order valence-corrected chi connectivity index (χ0v) is 19.7. The number of aromatic nitrogens is 5. The third-order valence-corrected chi connectivity index (χ3v) is 6.33. The Kier molecular flexibility index (Phi) is 6.02. The molecule has 5 rings (SSSR count). The fourth-order valence-electron chi connectivity index (χ4n) is 4.29. The van der Waals surface area contributed by atoms with Gasteiger partial charge in [0.25, 0.3) is 0 Å². The summed E-state index contributed by atoms with van der Waals surface area (Å²) in [6.07, 6.45) is 5.05. The van der Waals surface area contributed by atoms with Gasteiger partial charge in [-0.05, 0) is 56.5 Å². The normalized spacial score (nSPS) is 15.6. The predicted molar refractivity (Wildman–Crippen MR) is 127 cm³/mol. The Labute approximate surface area is 201 Å². The van der Waals surface area contributed by atoms with Crippen LogP contribution in [0.1, 0.15) is 41.9 Å². The topological polar surface area (TPSA) is 102 Å². The number of aryl methyl sites for hydroxylation is 2. The van der Waals surface area contributed by atoms with Crippen LogP contribution in [-0.4, -0.2) is 42.4 Å². The highest BCUT2D eigenvalue weighted by atomic mass is 35.5. The van der Waals surface area contributed by atoms with Gasteiger partial charge in [0.2, 0.25) is 0 Å². The molecule has 4 heterocycles. The van der Waals surface area contributed by atoms with Crippen molar-refractivity contribution in [1.29, 1.82) is 0 Å². The van der Waals surface area contributed by atoms with E-state index in [2.05, 4.69) is 30.2 Å². The van der Waals surface area contributed by atoms with E-state index in [9.17, 15) is 4.79 Å². The van der Waals surface area contributed by atoms with Crippen molar-refractivity contribution in [2.24, 2.45) is 0 Å². The SMILES string of the molecule is Cc1onc(-c2ccncc2)c1NC(=O)N1CCC[C@@H]1c1nnc(C)n1Cc1ccc(Cl)cc1. The van der Waals surface area contributed by atoms with E-state index in [1.165, 1.54) is 0 Å². The average molecular weight is 478 g/mol. The fourth-order valence-corrected chi connectivity index (χ4v) is 4.42. The Bertz CT molecular complexity index is 1300. The molecule has 1 saturated heterocycles.